The maximum absolute atomic E-state index is 14.6. The van der Waals surface area contributed by atoms with E-state index < -0.39 is 28.5 Å². The summed E-state index contributed by atoms with van der Waals surface area (Å²) in [6.45, 7) is 3.77. The van der Waals surface area contributed by atoms with Crippen molar-refractivity contribution in [2.24, 2.45) is 0 Å². The molecule has 0 bridgehead atoms. The van der Waals surface area contributed by atoms with Gasteiger partial charge in [-0.2, -0.15) is 0 Å². The predicted octanol–water partition coefficient (Wildman–Crippen LogP) is 6.14. The molecule has 0 heterocycles. The highest BCUT2D eigenvalue weighted by molar-refractivity contribution is 9.10. The van der Waals surface area contributed by atoms with Gasteiger partial charge in [0.15, 0.2) is 0 Å². The first kappa shape index (κ1) is 35.5. The number of carbonyl (C=O) groups excluding carboxylic acids is 2. The molecule has 0 fully saturated rings. The minimum atomic E-state index is -4.27. The molecule has 9 nitrogen and oxygen atoms in total. The molecule has 0 saturated heterocycles. The van der Waals surface area contributed by atoms with Crippen LogP contribution in [0.5, 0.6) is 11.5 Å². The lowest BCUT2D eigenvalue weighted by Gasteiger charge is -2.34. The van der Waals surface area contributed by atoms with Crippen molar-refractivity contribution in [1.82, 2.24) is 10.2 Å². The van der Waals surface area contributed by atoms with E-state index in [-0.39, 0.29) is 23.8 Å². The second kappa shape index (κ2) is 16.5. The Morgan fingerprint density at radius 1 is 0.872 bits per heavy atom. The molecule has 0 radical (unpaired) electrons. The number of nitrogens with one attached hydrogen (secondary N) is 1. The lowest BCUT2D eigenvalue weighted by Crippen LogP contribution is -2.53. The van der Waals surface area contributed by atoms with E-state index in [2.05, 4.69) is 21.2 Å². The first-order valence-electron chi connectivity index (χ1n) is 15.2. The van der Waals surface area contributed by atoms with Gasteiger partial charge in [-0.15, -0.1) is 0 Å². The molecule has 1 N–H and O–H groups in total. The average molecular weight is 723 g/mol. The van der Waals surface area contributed by atoms with Gasteiger partial charge in [-0.05, 0) is 82.9 Å². The van der Waals surface area contributed by atoms with Crippen LogP contribution in [-0.2, 0) is 32.6 Å². The molecule has 0 aromatic heterocycles. The van der Waals surface area contributed by atoms with Gasteiger partial charge in [0.05, 0.1) is 29.3 Å². The normalized spacial score (nSPS) is 11.8. The third kappa shape index (κ3) is 9.14. The van der Waals surface area contributed by atoms with Crippen molar-refractivity contribution in [3.8, 4) is 11.5 Å². The van der Waals surface area contributed by atoms with Gasteiger partial charge in [0, 0.05) is 19.5 Å². The number of ether oxygens (including phenoxy) is 2. The lowest BCUT2D eigenvalue weighted by molar-refractivity contribution is -0.140. The van der Waals surface area contributed by atoms with E-state index in [0.29, 0.717) is 34.6 Å². The Morgan fingerprint density at radius 2 is 1.57 bits per heavy atom. The highest BCUT2D eigenvalue weighted by atomic mass is 79.9. The molecule has 0 unspecified atom stereocenters. The summed E-state index contributed by atoms with van der Waals surface area (Å²) in [5.74, 6) is 0.194. The van der Waals surface area contributed by atoms with Crippen LogP contribution >= 0.6 is 15.9 Å². The highest BCUT2D eigenvalue weighted by Gasteiger charge is 2.35. The molecule has 4 rings (SSSR count). The number of carbonyl (C=O) groups is 2. The maximum Gasteiger partial charge on any atom is 0.264 e. The van der Waals surface area contributed by atoms with Gasteiger partial charge in [-0.1, -0.05) is 67.1 Å². The van der Waals surface area contributed by atoms with E-state index in [0.717, 1.165) is 21.0 Å². The summed E-state index contributed by atoms with van der Waals surface area (Å²) in [7, 11) is -1.22. The quantitative estimate of drug-likeness (QED) is 0.158. The Bertz CT molecular complexity index is 1770. The first-order valence-corrected chi connectivity index (χ1v) is 17.5. The van der Waals surface area contributed by atoms with Gasteiger partial charge in [0.2, 0.25) is 11.8 Å². The molecule has 248 valence electrons. The van der Waals surface area contributed by atoms with Crippen molar-refractivity contribution in [2.45, 2.75) is 44.2 Å². The molecule has 2 amide bonds. The zero-order chi connectivity index (χ0) is 34.0. The van der Waals surface area contributed by atoms with Crippen LogP contribution in [0.4, 0.5) is 5.69 Å². The molecule has 4 aromatic carbocycles. The number of anilines is 1. The lowest BCUT2D eigenvalue weighted by atomic mass is 10.0. The summed E-state index contributed by atoms with van der Waals surface area (Å²) in [6, 6.07) is 27.1. The molecule has 0 aliphatic heterocycles. The Kier molecular flexibility index (Phi) is 12.4. The summed E-state index contributed by atoms with van der Waals surface area (Å²) in [6.07, 6.45) is 0.944. The molecule has 4 aromatic rings. The van der Waals surface area contributed by atoms with Gasteiger partial charge >= 0.3 is 0 Å². The van der Waals surface area contributed by atoms with Crippen molar-refractivity contribution in [2.75, 3.05) is 31.6 Å². The Balaban J connectivity index is 1.81. The van der Waals surface area contributed by atoms with Crippen molar-refractivity contribution < 1.29 is 27.5 Å². The molecular formula is C36H40BrN3O6S. The van der Waals surface area contributed by atoms with Crippen LogP contribution < -0.4 is 19.1 Å². The molecule has 47 heavy (non-hydrogen) atoms. The zero-order valence-corrected chi connectivity index (χ0v) is 29.4. The van der Waals surface area contributed by atoms with Crippen molar-refractivity contribution >= 4 is 43.5 Å². The molecule has 0 aliphatic carbocycles. The smallest absolute Gasteiger partial charge is 0.264 e. The van der Waals surface area contributed by atoms with Gasteiger partial charge in [0.1, 0.15) is 24.1 Å². The number of amides is 2. The van der Waals surface area contributed by atoms with E-state index in [1.165, 1.54) is 24.1 Å². The molecule has 1 atom stereocenters. The monoisotopic (exact) mass is 721 g/mol. The van der Waals surface area contributed by atoms with Crippen LogP contribution in [-0.4, -0.2) is 58.5 Å². The van der Waals surface area contributed by atoms with Gasteiger partial charge in [-0.25, -0.2) is 8.42 Å². The first-order chi connectivity index (χ1) is 22.6. The van der Waals surface area contributed by atoms with E-state index in [9.17, 15) is 18.0 Å². The number of hydrogen-bond donors (Lipinski definition) is 1. The van der Waals surface area contributed by atoms with Crippen LogP contribution in [0, 0.1) is 6.92 Å². The number of methoxy groups -OCH3 is 2. The molecule has 0 spiro atoms. The number of benzene rings is 4. The predicted molar refractivity (Wildman–Crippen MR) is 187 cm³/mol. The summed E-state index contributed by atoms with van der Waals surface area (Å²) >= 11 is 3.39. The number of hydrogen-bond acceptors (Lipinski definition) is 6. The third-order valence-corrected chi connectivity index (χ3v) is 10.0. The Hall–Kier alpha value is -4.35. The number of nitrogens with zero attached hydrogens (tertiary/aromatic N) is 2. The second-order valence-corrected chi connectivity index (χ2v) is 13.7. The van der Waals surface area contributed by atoms with Crippen LogP contribution in [0.2, 0.25) is 0 Å². The summed E-state index contributed by atoms with van der Waals surface area (Å²) in [4.78, 5) is 29.8. The molecule has 0 saturated carbocycles. The Labute approximate surface area is 285 Å². The standard InChI is InChI=1S/C36H40BrN3O6S/c1-5-20-38-36(42)33(22-27-10-7-6-8-11-27)39(24-28-12-9-13-30(21-28)45-3)35(41)25-40(29-16-14-26(2)15-17-29)47(43,44)31-18-19-34(46-4)32(37)23-31/h6-19,21,23,33H,5,20,22,24-25H2,1-4H3,(H,38,42)/t33-/m0/s1. The zero-order valence-electron chi connectivity index (χ0n) is 27.0. The molecular weight excluding hydrogens is 682 g/mol. The van der Waals surface area contributed by atoms with Crippen LogP contribution in [0.1, 0.15) is 30.0 Å². The van der Waals surface area contributed by atoms with E-state index >= 15 is 0 Å². The largest absolute Gasteiger partial charge is 0.497 e. The summed E-state index contributed by atoms with van der Waals surface area (Å²) in [5, 5.41) is 2.95. The van der Waals surface area contributed by atoms with Crippen LogP contribution in [0.15, 0.2) is 106 Å². The second-order valence-electron chi connectivity index (χ2n) is 11.0. The Morgan fingerprint density at radius 3 is 2.21 bits per heavy atom. The highest BCUT2D eigenvalue weighted by Crippen LogP contribution is 2.31. The topological polar surface area (TPSA) is 105 Å². The summed E-state index contributed by atoms with van der Waals surface area (Å²) < 4.78 is 40.9. The maximum atomic E-state index is 14.6. The number of rotatable bonds is 15. The van der Waals surface area contributed by atoms with Gasteiger partial charge in [-0.3, -0.25) is 13.9 Å². The van der Waals surface area contributed by atoms with Crippen molar-refractivity contribution in [3.63, 3.8) is 0 Å². The summed E-state index contributed by atoms with van der Waals surface area (Å²) in [5.41, 5.74) is 2.83. The molecule has 11 heteroatoms. The average Bonchev–Trinajstić information content (AvgIpc) is 3.08. The minimum absolute atomic E-state index is 0.0283. The van der Waals surface area contributed by atoms with Crippen LogP contribution in [0.25, 0.3) is 0 Å². The van der Waals surface area contributed by atoms with E-state index in [4.69, 9.17) is 9.47 Å². The number of halogens is 1. The molecule has 0 aliphatic rings. The van der Waals surface area contributed by atoms with E-state index in [1.807, 2.05) is 56.3 Å². The van der Waals surface area contributed by atoms with Crippen LogP contribution in [0.3, 0.4) is 0 Å². The number of sulfonamides is 1. The fraction of sp³-hybridized carbons (Fsp3) is 0.278. The van der Waals surface area contributed by atoms with E-state index in [1.54, 1.807) is 49.6 Å². The fourth-order valence-corrected chi connectivity index (χ4v) is 7.20. The fourth-order valence-electron chi connectivity index (χ4n) is 5.06. The van der Waals surface area contributed by atoms with Crippen molar-refractivity contribution in [1.29, 1.82) is 0 Å². The van der Waals surface area contributed by atoms with Gasteiger partial charge in [0.25, 0.3) is 10.0 Å². The minimum Gasteiger partial charge on any atom is -0.497 e. The number of aryl methyl sites for hydroxylation is 1. The SMILES string of the molecule is CCCNC(=O)[C@H](Cc1ccccc1)N(Cc1cccc(OC)c1)C(=O)CN(c1ccc(C)cc1)S(=O)(=O)c1ccc(OC)c(Br)c1. The van der Waals surface area contributed by atoms with Gasteiger partial charge < -0.3 is 19.7 Å². The third-order valence-electron chi connectivity index (χ3n) is 7.62. The van der Waals surface area contributed by atoms with Crippen molar-refractivity contribution in [3.05, 3.63) is 118 Å².